The fourth-order valence-electron chi connectivity index (χ4n) is 7.29. The first-order valence-corrected chi connectivity index (χ1v) is 17.0. The van der Waals surface area contributed by atoms with Crippen LogP contribution in [0.15, 0.2) is 173 Å². The van der Waals surface area contributed by atoms with Gasteiger partial charge in [-0.3, -0.25) is 0 Å². The van der Waals surface area contributed by atoms with Crippen LogP contribution in [0.1, 0.15) is 5.48 Å². The molecule has 11 aromatic rings. The molecule has 0 saturated carbocycles. The smallest absolute Gasteiger partial charge is 0.164 e. The van der Waals surface area contributed by atoms with Crippen molar-refractivity contribution in [2.45, 2.75) is 0 Å². The number of hydrogen-bond donors (Lipinski definition) is 0. The summed E-state index contributed by atoms with van der Waals surface area (Å²) in [5.74, 6) is 1.08. The van der Waals surface area contributed by atoms with Gasteiger partial charge in [-0.15, -0.1) is 0 Å². The molecule has 0 spiro atoms. The molecule has 3 aromatic heterocycles. The molecule has 0 bridgehead atoms. The molecule has 0 aliphatic carbocycles. The maximum absolute atomic E-state index is 9.28. The quantitative estimate of drug-likeness (QED) is 0.175. The van der Waals surface area contributed by atoms with Crippen LogP contribution in [0.3, 0.4) is 0 Å². The zero-order valence-corrected chi connectivity index (χ0v) is 27.4. The van der Waals surface area contributed by atoms with E-state index in [2.05, 4.69) is 36.4 Å². The van der Waals surface area contributed by atoms with Gasteiger partial charge in [-0.05, 0) is 75.1 Å². The zero-order valence-electron chi connectivity index (χ0n) is 31.4. The van der Waals surface area contributed by atoms with Gasteiger partial charge < -0.3 is 8.83 Å². The van der Waals surface area contributed by atoms with E-state index >= 15 is 0 Å². The van der Waals surface area contributed by atoms with E-state index in [1.54, 1.807) is 0 Å². The maximum atomic E-state index is 9.28. The summed E-state index contributed by atoms with van der Waals surface area (Å²) in [6.07, 6.45) is 0. The molecule has 8 aromatic carbocycles. The number of benzene rings is 8. The van der Waals surface area contributed by atoms with Gasteiger partial charge in [0, 0.05) is 38.2 Å². The normalized spacial score (nSPS) is 12.9. The maximum Gasteiger partial charge on any atom is 0.164 e. The highest BCUT2D eigenvalue weighted by molar-refractivity contribution is 6.13. The molecule has 5 heteroatoms. The number of nitrogens with zero attached hydrogens (tertiary/aromatic N) is 3. The molecule has 0 atom stereocenters. The predicted octanol–water partition coefficient (Wildman–Crippen LogP) is 12.6. The van der Waals surface area contributed by atoms with E-state index in [9.17, 15) is 1.37 Å². The van der Waals surface area contributed by atoms with Crippen LogP contribution in [0.5, 0.6) is 0 Å². The van der Waals surface area contributed by atoms with Crippen LogP contribution in [0.4, 0.5) is 0 Å². The predicted molar refractivity (Wildman–Crippen MR) is 211 cm³/mol. The summed E-state index contributed by atoms with van der Waals surface area (Å²) in [5.41, 5.74) is 4.85. The molecule has 0 unspecified atom stereocenters. The molecular formula is C47H27N3O2. The van der Waals surface area contributed by atoms with Crippen molar-refractivity contribution in [2.24, 2.45) is 0 Å². The van der Waals surface area contributed by atoms with Crippen LogP contribution in [0.25, 0.3) is 111 Å². The van der Waals surface area contributed by atoms with Crippen molar-refractivity contribution in [2.75, 3.05) is 0 Å². The second-order valence-corrected chi connectivity index (χ2v) is 12.9. The van der Waals surface area contributed by atoms with Gasteiger partial charge in [0.1, 0.15) is 22.3 Å². The Balaban J connectivity index is 1.16. The van der Waals surface area contributed by atoms with E-state index in [-0.39, 0.29) is 41.2 Å². The van der Waals surface area contributed by atoms with Gasteiger partial charge in [-0.1, -0.05) is 121 Å². The van der Waals surface area contributed by atoms with Crippen LogP contribution in [0.2, 0.25) is 0 Å². The summed E-state index contributed by atoms with van der Waals surface area (Å²) >= 11 is 0. The van der Waals surface area contributed by atoms with Crippen LogP contribution >= 0.6 is 0 Å². The Bertz CT molecular complexity index is 3430. The first-order chi connectivity index (χ1) is 27.4. The van der Waals surface area contributed by atoms with E-state index < -0.39 is 0 Å². The lowest BCUT2D eigenvalue weighted by Gasteiger charge is -2.10. The summed E-state index contributed by atoms with van der Waals surface area (Å²) in [5, 5.41) is 7.33. The summed E-state index contributed by atoms with van der Waals surface area (Å²) < 4.78 is 48.8. The molecule has 0 radical (unpaired) electrons. The third-order valence-corrected chi connectivity index (χ3v) is 9.80. The fourth-order valence-corrected chi connectivity index (χ4v) is 7.29. The van der Waals surface area contributed by atoms with Crippen molar-refractivity contribution in [1.82, 2.24) is 15.0 Å². The van der Waals surface area contributed by atoms with E-state index in [1.165, 1.54) is 6.07 Å². The van der Waals surface area contributed by atoms with Crippen molar-refractivity contribution >= 4 is 65.4 Å². The van der Waals surface area contributed by atoms with Crippen LogP contribution in [0, 0.1) is 0 Å². The number of fused-ring (bicyclic) bond motifs is 9. The van der Waals surface area contributed by atoms with Gasteiger partial charge in [0.2, 0.25) is 0 Å². The lowest BCUT2D eigenvalue weighted by Crippen LogP contribution is -2.00. The van der Waals surface area contributed by atoms with Gasteiger partial charge in [0.25, 0.3) is 0 Å². The Morgan fingerprint density at radius 2 is 1.06 bits per heavy atom. The van der Waals surface area contributed by atoms with Crippen LogP contribution in [-0.2, 0) is 0 Å². The molecule has 5 nitrogen and oxygen atoms in total. The first-order valence-electron chi connectivity index (χ1n) is 19.0. The Hall–Kier alpha value is -7.11. The Morgan fingerprint density at radius 1 is 0.365 bits per heavy atom. The third-order valence-electron chi connectivity index (χ3n) is 9.80. The zero-order chi connectivity index (χ0) is 37.7. The second kappa shape index (κ2) is 11.2. The number of aromatic nitrogens is 3. The molecule has 0 N–H and O–H groups in total. The Kier molecular flexibility index (Phi) is 5.37. The summed E-state index contributed by atoms with van der Waals surface area (Å²) in [7, 11) is 0. The molecule has 0 fully saturated rings. The SMILES string of the molecule is [2H]c1cc([2H])c2oc3c([2H])c([2H])c(-c4ccc5c(c4)oc4ccccc45)cc3c2c1-c1nc(-c2ccccc2)nc(-c2ccc3c(ccc4ccccc43)c2)n1. The molecule has 242 valence electrons. The minimum atomic E-state index is -0.125. The lowest BCUT2D eigenvalue weighted by molar-refractivity contribution is 0.669. The molecule has 0 saturated heterocycles. The average Bonchev–Trinajstić information content (AvgIpc) is 3.81. The average molecular weight is 670 g/mol. The minimum Gasteiger partial charge on any atom is -0.456 e. The molecule has 52 heavy (non-hydrogen) atoms. The van der Waals surface area contributed by atoms with Crippen molar-refractivity contribution in [1.29, 1.82) is 0 Å². The Labute approximate surface area is 303 Å². The van der Waals surface area contributed by atoms with Crippen molar-refractivity contribution < 1.29 is 14.3 Å². The van der Waals surface area contributed by atoms with Gasteiger partial charge in [0.15, 0.2) is 17.5 Å². The number of rotatable bonds is 4. The van der Waals surface area contributed by atoms with Crippen molar-refractivity contribution in [3.05, 3.63) is 164 Å². The molecular weight excluding hydrogens is 639 g/mol. The highest BCUT2D eigenvalue weighted by atomic mass is 16.3. The van der Waals surface area contributed by atoms with Gasteiger partial charge in [-0.2, -0.15) is 0 Å². The third kappa shape index (κ3) is 4.53. The number of hydrogen-bond acceptors (Lipinski definition) is 5. The standard InChI is InChI=1S/C47H27N3O2/c1-2-10-29(11-3-1)45-48-46(33-20-22-35-32(25-33)18-17-28-9-4-5-12-34(28)35)50-47(49-45)38-14-8-16-42-44(38)39-26-30(21-24-41(39)51-42)31-19-23-37-36-13-6-7-15-40(36)52-43(37)27-31/h1-27H/i14D,16D,21D,24D. The summed E-state index contributed by atoms with van der Waals surface area (Å²) in [6.45, 7) is 0. The molecule has 0 aliphatic heterocycles. The summed E-state index contributed by atoms with van der Waals surface area (Å²) in [4.78, 5) is 15.0. The van der Waals surface area contributed by atoms with Gasteiger partial charge in [0.05, 0.1) is 5.48 Å². The van der Waals surface area contributed by atoms with Crippen molar-refractivity contribution in [3.63, 3.8) is 0 Å². The highest BCUT2D eigenvalue weighted by Gasteiger charge is 2.19. The van der Waals surface area contributed by atoms with E-state index in [0.29, 0.717) is 44.7 Å². The Morgan fingerprint density at radius 3 is 1.98 bits per heavy atom. The van der Waals surface area contributed by atoms with Gasteiger partial charge in [-0.25, -0.2) is 15.0 Å². The number of furan rings is 2. The van der Waals surface area contributed by atoms with Crippen LogP contribution in [-0.4, -0.2) is 15.0 Å². The number of para-hydroxylation sites is 1. The van der Waals surface area contributed by atoms with Gasteiger partial charge >= 0.3 is 0 Å². The lowest BCUT2D eigenvalue weighted by atomic mass is 9.99. The van der Waals surface area contributed by atoms with E-state index in [0.717, 1.165) is 49.0 Å². The largest absolute Gasteiger partial charge is 0.456 e. The molecule has 3 heterocycles. The van der Waals surface area contributed by atoms with E-state index in [1.807, 2.05) is 97.1 Å². The first kappa shape index (κ1) is 24.9. The second-order valence-electron chi connectivity index (χ2n) is 12.9. The van der Waals surface area contributed by atoms with Crippen molar-refractivity contribution in [3.8, 4) is 45.3 Å². The highest BCUT2D eigenvalue weighted by Crippen LogP contribution is 2.40. The molecule has 11 rings (SSSR count). The fraction of sp³-hybridized carbons (Fsp3) is 0. The molecule has 0 amide bonds. The minimum absolute atomic E-state index is 0.0135. The monoisotopic (exact) mass is 669 g/mol. The topological polar surface area (TPSA) is 65.0 Å². The molecule has 0 aliphatic rings. The van der Waals surface area contributed by atoms with E-state index in [4.69, 9.17) is 27.9 Å². The van der Waals surface area contributed by atoms with Crippen LogP contribution < -0.4 is 0 Å². The summed E-state index contributed by atoms with van der Waals surface area (Å²) in [6, 6.07) is 45.0.